The topological polar surface area (TPSA) is 71.8 Å². The van der Waals surface area contributed by atoms with Crippen molar-refractivity contribution in [3.63, 3.8) is 0 Å². The van der Waals surface area contributed by atoms with Gasteiger partial charge in [0.25, 0.3) is 5.91 Å². The number of aryl methyl sites for hydroxylation is 1. The second kappa shape index (κ2) is 10.4. The monoisotopic (exact) mass is 535 g/mol. The Hall–Kier alpha value is -3.26. The number of anilines is 2. The normalized spacial score (nSPS) is 14.8. The maximum atomic E-state index is 13.5. The number of allylic oxidation sites excluding steroid dienone is 1. The molecule has 0 aliphatic carbocycles. The molecule has 0 bridgehead atoms. The molecule has 1 amide bonds. The minimum Gasteiger partial charge on any atom is -0.328 e. The molecule has 1 aliphatic rings. The third kappa shape index (κ3) is 5.28. The molecule has 0 unspecified atom stereocenters. The summed E-state index contributed by atoms with van der Waals surface area (Å²) in [6.07, 6.45) is 0. The van der Waals surface area contributed by atoms with Gasteiger partial charge in [-0.1, -0.05) is 76.9 Å². The Kier molecular flexibility index (Phi) is 7.05. The summed E-state index contributed by atoms with van der Waals surface area (Å²) in [6, 6.07) is 22.3. The van der Waals surface area contributed by atoms with Crippen LogP contribution in [0.25, 0.3) is 0 Å². The van der Waals surface area contributed by atoms with E-state index in [0.717, 1.165) is 11.3 Å². The Morgan fingerprint density at radius 2 is 1.81 bits per heavy atom. The van der Waals surface area contributed by atoms with Crippen LogP contribution >= 0.6 is 35.0 Å². The van der Waals surface area contributed by atoms with Crippen molar-refractivity contribution in [1.29, 1.82) is 0 Å². The SMILES string of the molecule is CC1=C(C(=O)Nc2ccc(Cl)cc2)[C@@H](c2cccc(Cl)c2)n2nc(SCc3cccc(C)c3)nc2N1. The quantitative estimate of drug-likeness (QED) is 0.257. The second-order valence-corrected chi connectivity index (χ2v) is 10.3. The summed E-state index contributed by atoms with van der Waals surface area (Å²) in [6.45, 7) is 3.94. The number of fused-ring (bicyclic) bond motifs is 1. The van der Waals surface area contributed by atoms with Crippen LogP contribution in [-0.2, 0) is 10.5 Å². The Bertz CT molecular complexity index is 1470. The number of amides is 1. The zero-order valence-electron chi connectivity index (χ0n) is 19.6. The number of benzene rings is 3. The molecule has 5 rings (SSSR count). The molecular weight excluding hydrogens is 513 g/mol. The van der Waals surface area contributed by atoms with Gasteiger partial charge in [-0.05, 0) is 61.4 Å². The van der Waals surface area contributed by atoms with Crippen molar-refractivity contribution in [1.82, 2.24) is 14.8 Å². The highest BCUT2D eigenvalue weighted by Gasteiger charge is 2.34. The van der Waals surface area contributed by atoms with Gasteiger partial charge < -0.3 is 10.6 Å². The molecule has 36 heavy (non-hydrogen) atoms. The van der Waals surface area contributed by atoms with Crippen molar-refractivity contribution in [3.05, 3.63) is 111 Å². The van der Waals surface area contributed by atoms with Gasteiger partial charge in [0.15, 0.2) is 0 Å². The van der Waals surface area contributed by atoms with Gasteiger partial charge in [0, 0.05) is 27.2 Å². The van der Waals surface area contributed by atoms with Crippen molar-refractivity contribution in [2.45, 2.75) is 30.8 Å². The summed E-state index contributed by atoms with van der Waals surface area (Å²) in [4.78, 5) is 18.3. The number of halogens is 2. The third-order valence-corrected chi connectivity index (χ3v) is 7.19. The lowest BCUT2D eigenvalue weighted by Gasteiger charge is -2.28. The highest BCUT2D eigenvalue weighted by Crippen LogP contribution is 2.37. The lowest BCUT2D eigenvalue weighted by Crippen LogP contribution is -2.31. The zero-order chi connectivity index (χ0) is 25.2. The van der Waals surface area contributed by atoms with Crippen molar-refractivity contribution in [2.24, 2.45) is 0 Å². The number of thioether (sulfide) groups is 1. The van der Waals surface area contributed by atoms with Crippen molar-refractivity contribution < 1.29 is 4.79 Å². The first-order valence-electron chi connectivity index (χ1n) is 11.3. The van der Waals surface area contributed by atoms with Crippen molar-refractivity contribution in [2.75, 3.05) is 10.6 Å². The molecule has 0 saturated carbocycles. The number of hydrogen-bond acceptors (Lipinski definition) is 5. The molecule has 1 atom stereocenters. The summed E-state index contributed by atoms with van der Waals surface area (Å²) in [5.41, 5.74) is 5.12. The van der Waals surface area contributed by atoms with Crippen LogP contribution in [-0.4, -0.2) is 20.7 Å². The number of carbonyl (C=O) groups excluding carboxylic acids is 1. The van der Waals surface area contributed by atoms with Gasteiger partial charge in [0.2, 0.25) is 11.1 Å². The van der Waals surface area contributed by atoms with Gasteiger partial charge in [-0.25, -0.2) is 4.68 Å². The lowest BCUT2D eigenvalue weighted by atomic mass is 9.95. The van der Waals surface area contributed by atoms with E-state index in [1.807, 2.05) is 37.3 Å². The fourth-order valence-electron chi connectivity index (χ4n) is 4.15. The van der Waals surface area contributed by atoms with Crippen LogP contribution < -0.4 is 10.6 Å². The molecule has 1 aliphatic heterocycles. The van der Waals surface area contributed by atoms with Crippen LogP contribution in [0.5, 0.6) is 0 Å². The fraction of sp³-hybridized carbons (Fsp3) is 0.148. The third-order valence-electron chi connectivity index (χ3n) is 5.79. The molecule has 0 radical (unpaired) electrons. The summed E-state index contributed by atoms with van der Waals surface area (Å²) in [7, 11) is 0. The summed E-state index contributed by atoms with van der Waals surface area (Å²) < 4.78 is 1.76. The minimum atomic E-state index is -0.506. The predicted octanol–water partition coefficient (Wildman–Crippen LogP) is 7.11. The molecule has 2 N–H and O–H groups in total. The van der Waals surface area contributed by atoms with Crippen molar-refractivity contribution in [3.8, 4) is 0 Å². The molecule has 0 saturated heterocycles. The van der Waals surface area contributed by atoms with Gasteiger partial charge in [-0.2, -0.15) is 4.98 Å². The molecule has 0 spiro atoms. The van der Waals surface area contributed by atoms with E-state index >= 15 is 0 Å². The Morgan fingerprint density at radius 3 is 2.56 bits per heavy atom. The van der Waals surface area contributed by atoms with Crippen LogP contribution in [0.1, 0.15) is 29.7 Å². The van der Waals surface area contributed by atoms with E-state index in [-0.39, 0.29) is 5.91 Å². The standard InChI is InChI=1S/C27H23Cl2N5OS/c1-16-5-3-6-18(13-16)15-36-27-32-26-30-17(2)23(25(35)31-22-11-9-20(28)10-12-22)24(34(26)33-27)19-7-4-8-21(29)14-19/h3-14,24H,15H2,1-2H3,(H,31,35)(H,30,32,33)/t24-/m1/s1. The average molecular weight is 536 g/mol. The second-order valence-electron chi connectivity index (χ2n) is 8.52. The van der Waals surface area contributed by atoms with Crippen LogP contribution in [0.15, 0.2) is 89.2 Å². The molecule has 4 aromatic rings. The number of nitrogens with one attached hydrogen (secondary N) is 2. The molecule has 182 valence electrons. The van der Waals surface area contributed by atoms with E-state index in [2.05, 4.69) is 35.8 Å². The lowest BCUT2D eigenvalue weighted by molar-refractivity contribution is -0.113. The van der Waals surface area contributed by atoms with Crippen LogP contribution in [0.2, 0.25) is 10.0 Å². The number of carbonyl (C=O) groups is 1. The summed E-state index contributed by atoms with van der Waals surface area (Å²) >= 11 is 13.9. The Balaban J connectivity index is 1.48. The first-order chi connectivity index (χ1) is 17.4. The van der Waals surface area contributed by atoms with E-state index in [9.17, 15) is 4.79 Å². The minimum absolute atomic E-state index is 0.248. The molecule has 1 aromatic heterocycles. The highest BCUT2D eigenvalue weighted by molar-refractivity contribution is 7.98. The van der Waals surface area contributed by atoms with Crippen LogP contribution in [0.3, 0.4) is 0 Å². The van der Waals surface area contributed by atoms with Gasteiger partial charge in [-0.15, -0.1) is 5.10 Å². The van der Waals surface area contributed by atoms with Gasteiger partial charge in [0.1, 0.15) is 6.04 Å². The van der Waals surface area contributed by atoms with E-state index in [0.29, 0.717) is 38.1 Å². The molecular formula is C27H23Cl2N5OS. The molecule has 6 nitrogen and oxygen atoms in total. The predicted molar refractivity (Wildman–Crippen MR) is 147 cm³/mol. The van der Waals surface area contributed by atoms with Gasteiger partial charge in [-0.3, -0.25) is 4.79 Å². The highest BCUT2D eigenvalue weighted by atomic mass is 35.5. The smallest absolute Gasteiger partial charge is 0.255 e. The largest absolute Gasteiger partial charge is 0.328 e. The maximum Gasteiger partial charge on any atom is 0.255 e. The maximum absolute atomic E-state index is 13.5. The summed E-state index contributed by atoms with van der Waals surface area (Å²) in [5, 5.41) is 12.8. The number of rotatable bonds is 6. The zero-order valence-corrected chi connectivity index (χ0v) is 22.0. The van der Waals surface area contributed by atoms with E-state index in [1.54, 1.807) is 40.7 Å². The van der Waals surface area contributed by atoms with Crippen LogP contribution in [0.4, 0.5) is 11.6 Å². The molecule has 9 heteroatoms. The van der Waals surface area contributed by atoms with Crippen LogP contribution in [0, 0.1) is 6.92 Å². The Morgan fingerprint density at radius 1 is 1.03 bits per heavy atom. The first-order valence-corrected chi connectivity index (χ1v) is 13.1. The first kappa shape index (κ1) is 24.4. The van der Waals surface area contributed by atoms with Crippen molar-refractivity contribution >= 4 is 52.5 Å². The molecule has 3 aromatic carbocycles. The Labute approximate surface area is 223 Å². The van der Waals surface area contributed by atoms with Gasteiger partial charge >= 0.3 is 0 Å². The fourth-order valence-corrected chi connectivity index (χ4v) is 5.25. The average Bonchev–Trinajstić information content (AvgIpc) is 3.25. The van der Waals surface area contributed by atoms with Gasteiger partial charge in [0.05, 0.1) is 5.57 Å². The summed E-state index contributed by atoms with van der Waals surface area (Å²) in [5.74, 6) is 1.07. The molecule has 0 fully saturated rings. The number of hydrogen-bond donors (Lipinski definition) is 2. The van der Waals surface area contributed by atoms with E-state index < -0.39 is 6.04 Å². The van der Waals surface area contributed by atoms with E-state index in [4.69, 9.17) is 33.3 Å². The van der Waals surface area contributed by atoms with E-state index in [1.165, 1.54) is 11.1 Å². The number of nitrogens with zero attached hydrogens (tertiary/aromatic N) is 3. The molecule has 2 heterocycles. The number of aromatic nitrogens is 3.